The molecule has 0 spiro atoms. The van der Waals surface area contributed by atoms with E-state index in [0.717, 1.165) is 22.0 Å². The van der Waals surface area contributed by atoms with E-state index in [4.69, 9.17) is 17.3 Å². The molecule has 5 heteroatoms. The molecule has 3 nitrogen and oxygen atoms in total. The van der Waals surface area contributed by atoms with Crippen LogP contribution in [-0.4, -0.2) is 16.0 Å². The van der Waals surface area contributed by atoms with Crippen molar-refractivity contribution in [1.82, 2.24) is 9.97 Å². The minimum atomic E-state index is 0.104. The second-order valence-corrected chi connectivity index (χ2v) is 5.43. The van der Waals surface area contributed by atoms with Gasteiger partial charge in [0, 0.05) is 18.4 Å². The molecule has 0 aliphatic rings. The summed E-state index contributed by atoms with van der Waals surface area (Å²) in [6.45, 7) is 1.98. The van der Waals surface area contributed by atoms with Gasteiger partial charge in [-0.1, -0.05) is 17.7 Å². The summed E-state index contributed by atoms with van der Waals surface area (Å²) in [5, 5.41) is 2.32. The topological polar surface area (TPSA) is 51.8 Å². The van der Waals surface area contributed by atoms with E-state index in [1.807, 2.05) is 31.2 Å². The number of pyridine rings is 2. The van der Waals surface area contributed by atoms with Gasteiger partial charge in [-0.3, -0.25) is 0 Å². The minimum Gasteiger partial charge on any atom is -0.328 e. The lowest BCUT2D eigenvalue weighted by Gasteiger charge is -2.10. The molecule has 1 unspecified atom stereocenters. The predicted molar refractivity (Wildman–Crippen MR) is 75.0 cm³/mol. The zero-order valence-corrected chi connectivity index (χ0v) is 11.6. The number of rotatable bonds is 4. The van der Waals surface area contributed by atoms with Gasteiger partial charge in [-0.2, -0.15) is 0 Å². The summed E-state index contributed by atoms with van der Waals surface area (Å²) in [5.41, 5.74) is 6.96. The smallest absolute Gasteiger partial charge is 0.121 e. The van der Waals surface area contributed by atoms with Crippen LogP contribution in [0, 0.1) is 0 Å². The van der Waals surface area contributed by atoms with Crippen molar-refractivity contribution in [3.05, 3.63) is 47.2 Å². The molecule has 2 aromatic heterocycles. The van der Waals surface area contributed by atoms with E-state index in [1.165, 1.54) is 11.8 Å². The first-order valence-electron chi connectivity index (χ1n) is 5.64. The monoisotopic (exact) mass is 279 g/mol. The van der Waals surface area contributed by atoms with Gasteiger partial charge in [-0.25, -0.2) is 9.97 Å². The van der Waals surface area contributed by atoms with Crippen LogP contribution < -0.4 is 5.73 Å². The van der Waals surface area contributed by atoms with Gasteiger partial charge in [0.1, 0.15) is 10.1 Å². The SMILES string of the molecule is CC(N)Cc1cccnc1Sc1ncccc1Cl. The van der Waals surface area contributed by atoms with E-state index >= 15 is 0 Å². The van der Waals surface area contributed by atoms with Gasteiger partial charge in [0.25, 0.3) is 0 Å². The molecule has 2 aromatic rings. The first-order chi connectivity index (χ1) is 8.66. The van der Waals surface area contributed by atoms with Gasteiger partial charge < -0.3 is 5.73 Å². The maximum Gasteiger partial charge on any atom is 0.121 e. The lowest BCUT2D eigenvalue weighted by Crippen LogP contribution is -2.18. The predicted octanol–water partition coefficient (Wildman–Crippen LogP) is 3.17. The fraction of sp³-hybridized carbons (Fsp3) is 0.231. The molecule has 0 aromatic carbocycles. The number of nitrogens with two attached hydrogens (primary N) is 1. The summed E-state index contributed by atoms with van der Waals surface area (Å²) in [7, 11) is 0. The fourth-order valence-corrected chi connectivity index (χ4v) is 2.65. The molecule has 0 aliphatic carbocycles. The molecular weight excluding hydrogens is 266 g/mol. The van der Waals surface area contributed by atoms with Gasteiger partial charge in [0.05, 0.1) is 5.02 Å². The van der Waals surface area contributed by atoms with E-state index < -0.39 is 0 Å². The number of nitrogens with zero attached hydrogens (tertiary/aromatic N) is 2. The quantitative estimate of drug-likeness (QED) is 0.934. The molecule has 0 fully saturated rings. The molecule has 2 heterocycles. The number of hydrogen-bond acceptors (Lipinski definition) is 4. The molecule has 1 atom stereocenters. The Bertz CT molecular complexity index is 531. The summed E-state index contributed by atoms with van der Waals surface area (Å²) in [5.74, 6) is 0. The van der Waals surface area contributed by atoms with Crippen LogP contribution in [0.25, 0.3) is 0 Å². The standard InChI is InChI=1S/C13H14ClN3S/c1-9(15)8-10-4-2-6-16-12(10)18-13-11(14)5-3-7-17-13/h2-7,9H,8,15H2,1H3. The van der Waals surface area contributed by atoms with Crippen LogP contribution in [0.2, 0.25) is 5.02 Å². The normalized spacial score (nSPS) is 12.4. The number of halogens is 1. The van der Waals surface area contributed by atoms with Crippen molar-refractivity contribution in [2.75, 3.05) is 0 Å². The van der Waals surface area contributed by atoms with E-state index in [-0.39, 0.29) is 6.04 Å². The molecule has 18 heavy (non-hydrogen) atoms. The molecule has 94 valence electrons. The lowest BCUT2D eigenvalue weighted by molar-refractivity contribution is 0.722. The van der Waals surface area contributed by atoms with Crippen LogP contribution in [0.1, 0.15) is 12.5 Å². The van der Waals surface area contributed by atoms with Gasteiger partial charge in [-0.15, -0.1) is 0 Å². The first kappa shape index (κ1) is 13.3. The van der Waals surface area contributed by atoms with Crippen LogP contribution >= 0.6 is 23.4 Å². The van der Waals surface area contributed by atoms with E-state index in [9.17, 15) is 0 Å². The molecule has 2 rings (SSSR count). The first-order valence-corrected chi connectivity index (χ1v) is 6.84. The number of aromatic nitrogens is 2. The molecule has 0 bridgehead atoms. The minimum absolute atomic E-state index is 0.104. The van der Waals surface area contributed by atoms with Gasteiger partial charge >= 0.3 is 0 Å². The Balaban J connectivity index is 2.26. The Labute approximate surface area is 116 Å². The highest BCUT2D eigenvalue weighted by molar-refractivity contribution is 7.99. The maximum atomic E-state index is 6.10. The number of hydrogen-bond donors (Lipinski definition) is 1. The van der Waals surface area contributed by atoms with Gasteiger partial charge in [0.2, 0.25) is 0 Å². The Morgan fingerprint density at radius 2 is 1.89 bits per heavy atom. The second-order valence-electron chi connectivity index (χ2n) is 4.04. The molecule has 2 N–H and O–H groups in total. The molecule has 0 saturated heterocycles. The Morgan fingerprint density at radius 1 is 1.22 bits per heavy atom. The Morgan fingerprint density at radius 3 is 2.56 bits per heavy atom. The molecule has 0 saturated carbocycles. The Kier molecular flexibility index (Phi) is 4.58. The van der Waals surface area contributed by atoms with Crippen LogP contribution in [0.4, 0.5) is 0 Å². The Hall–Kier alpha value is -1.10. The van der Waals surface area contributed by atoms with Gasteiger partial charge in [-0.05, 0) is 48.9 Å². The van der Waals surface area contributed by atoms with Crippen LogP contribution in [-0.2, 0) is 6.42 Å². The zero-order valence-electron chi connectivity index (χ0n) is 10.0. The van der Waals surface area contributed by atoms with Crippen LogP contribution in [0.15, 0.2) is 46.7 Å². The third kappa shape index (κ3) is 3.45. The van der Waals surface area contributed by atoms with Crippen LogP contribution in [0.3, 0.4) is 0 Å². The summed E-state index contributed by atoms with van der Waals surface area (Å²) < 4.78 is 0. The maximum absolute atomic E-state index is 6.10. The summed E-state index contributed by atoms with van der Waals surface area (Å²) in [4.78, 5) is 8.63. The summed E-state index contributed by atoms with van der Waals surface area (Å²) >= 11 is 7.57. The van der Waals surface area contributed by atoms with Crippen molar-refractivity contribution in [2.45, 2.75) is 29.4 Å². The largest absolute Gasteiger partial charge is 0.328 e. The fourth-order valence-electron chi connectivity index (χ4n) is 1.56. The lowest BCUT2D eigenvalue weighted by atomic mass is 10.1. The average Bonchev–Trinajstić information content (AvgIpc) is 2.34. The van der Waals surface area contributed by atoms with Crippen molar-refractivity contribution in [3.63, 3.8) is 0 Å². The van der Waals surface area contributed by atoms with E-state index in [0.29, 0.717) is 5.02 Å². The van der Waals surface area contributed by atoms with Gasteiger partial charge in [0.15, 0.2) is 0 Å². The average molecular weight is 280 g/mol. The third-order valence-corrected chi connectivity index (χ3v) is 3.81. The molecule has 0 amide bonds. The van der Waals surface area contributed by atoms with Crippen molar-refractivity contribution < 1.29 is 0 Å². The molecule has 0 radical (unpaired) electrons. The van der Waals surface area contributed by atoms with Crippen LogP contribution in [0.5, 0.6) is 0 Å². The highest BCUT2D eigenvalue weighted by atomic mass is 35.5. The van der Waals surface area contributed by atoms with E-state index in [2.05, 4.69) is 9.97 Å². The van der Waals surface area contributed by atoms with Crippen molar-refractivity contribution >= 4 is 23.4 Å². The summed E-state index contributed by atoms with van der Waals surface area (Å²) in [6.07, 6.45) is 4.28. The van der Waals surface area contributed by atoms with Crippen molar-refractivity contribution in [2.24, 2.45) is 5.73 Å². The zero-order chi connectivity index (χ0) is 13.0. The highest BCUT2D eigenvalue weighted by Gasteiger charge is 2.10. The molecule has 0 aliphatic heterocycles. The van der Waals surface area contributed by atoms with Crippen molar-refractivity contribution in [3.8, 4) is 0 Å². The third-order valence-electron chi connectivity index (χ3n) is 2.31. The van der Waals surface area contributed by atoms with E-state index in [1.54, 1.807) is 12.4 Å². The molecular formula is C13H14ClN3S. The second kappa shape index (κ2) is 6.18. The highest BCUT2D eigenvalue weighted by Crippen LogP contribution is 2.32. The van der Waals surface area contributed by atoms with Crippen molar-refractivity contribution in [1.29, 1.82) is 0 Å². The summed E-state index contributed by atoms with van der Waals surface area (Å²) in [6, 6.07) is 7.70.